The molecular formula is C14H23N3O2. The van der Waals surface area contributed by atoms with E-state index in [9.17, 15) is 4.79 Å². The SMILES string of the molecule is COCC(C)N(C)CC(=O)N(C)c1ccc(N)cc1. The highest BCUT2D eigenvalue weighted by Crippen LogP contribution is 2.15. The van der Waals surface area contributed by atoms with Crippen molar-refractivity contribution in [2.75, 3.05) is 45.0 Å². The van der Waals surface area contributed by atoms with Crippen LogP contribution in [0.25, 0.3) is 0 Å². The third-order valence-corrected chi connectivity index (χ3v) is 3.20. The Morgan fingerprint density at radius 3 is 2.42 bits per heavy atom. The van der Waals surface area contributed by atoms with Crippen LogP contribution in [0.5, 0.6) is 0 Å². The number of nitrogen functional groups attached to an aromatic ring is 1. The molecule has 0 aliphatic heterocycles. The third-order valence-electron chi connectivity index (χ3n) is 3.20. The summed E-state index contributed by atoms with van der Waals surface area (Å²) in [6.07, 6.45) is 0. The first kappa shape index (κ1) is 15.5. The van der Waals surface area contributed by atoms with Crippen LogP contribution in [0, 0.1) is 0 Å². The van der Waals surface area contributed by atoms with Crippen LogP contribution in [0.1, 0.15) is 6.92 Å². The molecule has 0 aliphatic rings. The van der Waals surface area contributed by atoms with Crippen molar-refractivity contribution in [3.63, 3.8) is 0 Å². The number of methoxy groups -OCH3 is 1. The van der Waals surface area contributed by atoms with E-state index in [0.29, 0.717) is 18.8 Å². The zero-order valence-corrected chi connectivity index (χ0v) is 12.1. The summed E-state index contributed by atoms with van der Waals surface area (Å²) < 4.78 is 5.08. The Hall–Kier alpha value is -1.59. The van der Waals surface area contributed by atoms with Crippen molar-refractivity contribution in [1.82, 2.24) is 4.90 Å². The number of rotatable bonds is 6. The molecule has 0 bridgehead atoms. The second-order valence-electron chi connectivity index (χ2n) is 4.76. The number of carbonyl (C=O) groups is 1. The highest BCUT2D eigenvalue weighted by molar-refractivity contribution is 5.94. The van der Waals surface area contributed by atoms with E-state index in [-0.39, 0.29) is 11.9 Å². The third kappa shape index (κ3) is 4.54. The number of carbonyl (C=O) groups excluding carboxylic acids is 1. The largest absolute Gasteiger partial charge is 0.399 e. The summed E-state index contributed by atoms with van der Waals surface area (Å²) in [7, 11) is 5.34. The molecule has 0 aromatic heterocycles. The molecule has 0 heterocycles. The lowest BCUT2D eigenvalue weighted by Gasteiger charge is -2.26. The van der Waals surface area contributed by atoms with Gasteiger partial charge in [0.15, 0.2) is 0 Å². The number of ether oxygens (including phenoxy) is 1. The van der Waals surface area contributed by atoms with E-state index >= 15 is 0 Å². The van der Waals surface area contributed by atoms with Gasteiger partial charge in [-0.2, -0.15) is 0 Å². The van der Waals surface area contributed by atoms with Crippen LogP contribution in [-0.2, 0) is 9.53 Å². The summed E-state index contributed by atoms with van der Waals surface area (Å²) in [6, 6.07) is 7.46. The molecule has 1 aromatic carbocycles. The first-order valence-electron chi connectivity index (χ1n) is 6.27. The molecule has 1 amide bonds. The Morgan fingerprint density at radius 1 is 1.32 bits per heavy atom. The zero-order chi connectivity index (χ0) is 14.4. The van der Waals surface area contributed by atoms with Crippen molar-refractivity contribution in [3.05, 3.63) is 24.3 Å². The molecule has 1 atom stereocenters. The number of hydrogen-bond acceptors (Lipinski definition) is 4. The van der Waals surface area contributed by atoms with Crippen molar-refractivity contribution in [3.8, 4) is 0 Å². The number of nitrogens with zero attached hydrogens (tertiary/aromatic N) is 2. The van der Waals surface area contributed by atoms with Gasteiger partial charge in [0.1, 0.15) is 0 Å². The standard InChI is InChI=1S/C14H23N3O2/c1-11(10-19-4)16(2)9-14(18)17(3)13-7-5-12(15)6-8-13/h5-8,11H,9-10,15H2,1-4H3. The van der Waals surface area contributed by atoms with Crippen LogP contribution in [0.15, 0.2) is 24.3 Å². The number of anilines is 2. The summed E-state index contributed by atoms with van der Waals surface area (Å²) in [5, 5.41) is 0. The van der Waals surface area contributed by atoms with Crippen molar-refractivity contribution in [2.24, 2.45) is 0 Å². The topological polar surface area (TPSA) is 58.8 Å². The van der Waals surface area contributed by atoms with E-state index < -0.39 is 0 Å². The van der Waals surface area contributed by atoms with Crippen LogP contribution >= 0.6 is 0 Å². The van der Waals surface area contributed by atoms with E-state index in [1.807, 2.05) is 31.0 Å². The van der Waals surface area contributed by atoms with Crippen LogP contribution in [0.2, 0.25) is 0 Å². The Labute approximate surface area is 114 Å². The van der Waals surface area contributed by atoms with Crippen LogP contribution in [-0.4, -0.2) is 51.2 Å². The summed E-state index contributed by atoms with van der Waals surface area (Å²) in [4.78, 5) is 15.8. The smallest absolute Gasteiger partial charge is 0.240 e. The van der Waals surface area contributed by atoms with Gasteiger partial charge >= 0.3 is 0 Å². The average Bonchev–Trinajstić information content (AvgIpc) is 2.38. The average molecular weight is 265 g/mol. The molecule has 0 fully saturated rings. The number of likely N-dealkylation sites (N-methyl/N-ethyl adjacent to an activating group) is 2. The summed E-state index contributed by atoms with van der Waals surface area (Å²) in [6.45, 7) is 2.99. The van der Waals surface area contributed by atoms with Crippen LogP contribution < -0.4 is 10.6 Å². The number of nitrogens with two attached hydrogens (primary N) is 1. The van der Waals surface area contributed by atoms with Crippen molar-refractivity contribution in [2.45, 2.75) is 13.0 Å². The van der Waals surface area contributed by atoms with Crippen molar-refractivity contribution in [1.29, 1.82) is 0 Å². The van der Waals surface area contributed by atoms with E-state index in [2.05, 4.69) is 0 Å². The lowest BCUT2D eigenvalue weighted by Crippen LogP contribution is -2.42. The van der Waals surface area contributed by atoms with E-state index in [4.69, 9.17) is 10.5 Å². The molecule has 1 aromatic rings. The van der Waals surface area contributed by atoms with E-state index in [0.717, 1.165) is 5.69 Å². The molecule has 0 aliphatic carbocycles. The number of benzene rings is 1. The second-order valence-corrected chi connectivity index (χ2v) is 4.76. The normalized spacial score (nSPS) is 12.5. The van der Waals surface area contributed by atoms with Gasteiger partial charge in [0.05, 0.1) is 13.2 Å². The van der Waals surface area contributed by atoms with Gasteiger partial charge in [0.2, 0.25) is 5.91 Å². The summed E-state index contributed by atoms with van der Waals surface area (Å²) in [5.74, 6) is 0.0372. The van der Waals surface area contributed by atoms with Crippen molar-refractivity contribution < 1.29 is 9.53 Å². The first-order valence-corrected chi connectivity index (χ1v) is 6.27. The molecule has 19 heavy (non-hydrogen) atoms. The molecule has 1 rings (SSSR count). The predicted molar refractivity (Wildman–Crippen MR) is 78.2 cm³/mol. The lowest BCUT2D eigenvalue weighted by molar-refractivity contribution is -0.119. The molecule has 106 valence electrons. The van der Waals surface area contributed by atoms with Gasteiger partial charge < -0.3 is 15.4 Å². The Kier molecular flexibility index (Phi) is 5.79. The van der Waals surface area contributed by atoms with Gasteiger partial charge in [-0.25, -0.2) is 0 Å². The molecule has 0 saturated carbocycles. The maximum Gasteiger partial charge on any atom is 0.240 e. The molecule has 5 heteroatoms. The van der Waals surface area contributed by atoms with Crippen molar-refractivity contribution >= 4 is 17.3 Å². The molecule has 0 spiro atoms. The van der Waals surface area contributed by atoms with E-state index in [1.165, 1.54) is 0 Å². The summed E-state index contributed by atoms with van der Waals surface area (Å²) in [5.41, 5.74) is 7.16. The fourth-order valence-electron chi connectivity index (χ4n) is 1.69. The number of hydrogen-bond donors (Lipinski definition) is 1. The van der Waals surface area contributed by atoms with Crippen LogP contribution in [0.4, 0.5) is 11.4 Å². The lowest BCUT2D eigenvalue weighted by atomic mass is 10.2. The monoisotopic (exact) mass is 265 g/mol. The molecule has 0 saturated heterocycles. The van der Waals surface area contributed by atoms with E-state index in [1.54, 1.807) is 31.2 Å². The maximum absolute atomic E-state index is 12.2. The van der Waals surface area contributed by atoms with Gasteiger partial charge in [0.25, 0.3) is 0 Å². The minimum atomic E-state index is 0.0372. The minimum absolute atomic E-state index is 0.0372. The van der Waals surface area contributed by atoms with Gasteiger partial charge in [-0.1, -0.05) is 0 Å². The molecule has 2 N–H and O–H groups in total. The minimum Gasteiger partial charge on any atom is -0.399 e. The fourth-order valence-corrected chi connectivity index (χ4v) is 1.69. The van der Waals surface area contributed by atoms with Gasteiger partial charge in [-0.3, -0.25) is 9.69 Å². The fraction of sp³-hybridized carbons (Fsp3) is 0.500. The molecule has 5 nitrogen and oxygen atoms in total. The Balaban J connectivity index is 2.60. The second kappa shape index (κ2) is 7.11. The van der Waals surface area contributed by atoms with Gasteiger partial charge in [-0.15, -0.1) is 0 Å². The highest BCUT2D eigenvalue weighted by Gasteiger charge is 2.16. The molecule has 0 radical (unpaired) electrons. The molecule has 1 unspecified atom stereocenters. The maximum atomic E-state index is 12.2. The Morgan fingerprint density at radius 2 is 1.89 bits per heavy atom. The zero-order valence-electron chi connectivity index (χ0n) is 12.1. The quantitative estimate of drug-likeness (QED) is 0.785. The Bertz CT molecular complexity index is 406. The summed E-state index contributed by atoms with van der Waals surface area (Å²) >= 11 is 0. The van der Waals surface area contributed by atoms with Crippen LogP contribution in [0.3, 0.4) is 0 Å². The van der Waals surface area contributed by atoms with Gasteiger partial charge in [0, 0.05) is 31.6 Å². The number of amides is 1. The predicted octanol–water partition coefficient (Wildman–Crippen LogP) is 1.20. The molecular weight excluding hydrogens is 242 g/mol. The first-order chi connectivity index (χ1) is 8.95. The highest BCUT2D eigenvalue weighted by atomic mass is 16.5. The van der Waals surface area contributed by atoms with Gasteiger partial charge in [-0.05, 0) is 38.2 Å².